The number of carbonyl (C=O) groups is 2. The second-order valence-corrected chi connectivity index (χ2v) is 5.61. The van der Waals surface area contributed by atoms with E-state index in [1.807, 2.05) is 0 Å². The van der Waals surface area contributed by atoms with Gasteiger partial charge in [-0.05, 0) is 54.6 Å². The highest BCUT2D eigenvalue weighted by atomic mass is 19.1. The summed E-state index contributed by atoms with van der Waals surface area (Å²) in [6, 6.07) is 13.8. The molecule has 0 unspecified atom stereocenters. The SMILES string of the molecule is NC(=O)c1cncc(C#Cc2ccc(NC(=O)c3ccc(F)cc3)cc2)c1. The van der Waals surface area contributed by atoms with Crippen LogP contribution < -0.4 is 11.1 Å². The number of nitrogens with two attached hydrogens (primary N) is 1. The topological polar surface area (TPSA) is 85.1 Å². The normalized spacial score (nSPS) is 9.81. The first-order valence-electron chi connectivity index (χ1n) is 7.95. The average Bonchev–Trinajstić information content (AvgIpc) is 2.68. The minimum Gasteiger partial charge on any atom is -0.366 e. The number of pyridine rings is 1. The maximum atomic E-state index is 12.9. The zero-order valence-corrected chi connectivity index (χ0v) is 14.1. The molecule has 0 radical (unpaired) electrons. The van der Waals surface area contributed by atoms with E-state index in [4.69, 9.17) is 5.73 Å². The lowest BCUT2D eigenvalue weighted by Crippen LogP contribution is -2.11. The maximum Gasteiger partial charge on any atom is 0.255 e. The molecule has 3 rings (SSSR count). The van der Waals surface area contributed by atoms with Crippen molar-refractivity contribution in [2.24, 2.45) is 5.73 Å². The molecular formula is C21H14FN3O2. The monoisotopic (exact) mass is 359 g/mol. The highest BCUT2D eigenvalue weighted by Gasteiger charge is 2.06. The Balaban J connectivity index is 1.69. The minimum absolute atomic E-state index is 0.292. The molecule has 2 aromatic carbocycles. The standard InChI is InChI=1S/C21H14FN3O2/c22-18-7-5-16(6-8-18)21(27)25-19-9-3-14(4-10-19)1-2-15-11-17(20(23)26)13-24-12-15/h3-13H,(H2,23,26)(H,25,27). The molecule has 0 bridgehead atoms. The second-order valence-electron chi connectivity index (χ2n) is 5.61. The summed E-state index contributed by atoms with van der Waals surface area (Å²) in [5, 5.41) is 2.73. The van der Waals surface area contributed by atoms with Gasteiger partial charge >= 0.3 is 0 Å². The van der Waals surface area contributed by atoms with Gasteiger partial charge in [-0.3, -0.25) is 14.6 Å². The van der Waals surface area contributed by atoms with Gasteiger partial charge in [-0.15, -0.1) is 0 Å². The molecule has 3 aromatic rings. The van der Waals surface area contributed by atoms with Crippen LogP contribution in [0.4, 0.5) is 10.1 Å². The summed E-state index contributed by atoms with van der Waals surface area (Å²) in [4.78, 5) is 27.2. The number of amides is 2. The molecule has 5 nitrogen and oxygen atoms in total. The molecule has 27 heavy (non-hydrogen) atoms. The van der Waals surface area contributed by atoms with Gasteiger partial charge in [0.15, 0.2) is 0 Å². The van der Waals surface area contributed by atoms with Crippen molar-refractivity contribution in [1.29, 1.82) is 0 Å². The van der Waals surface area contributed by atoms with Crippen LogP contribution >= 0.6 is 0 Å². The fraction of sp³-hybridized carbons (Fsp3) is 0. The Morgan fingerprint density at radius 1 is 0.889 bits per heavy atom. The quantitative estimate of drug-likeness (QED) is 0.705. The lowest BCUT2D eigenvalue weighted by Gasteiger charge is -2.05. The van der Waals surface area contributed by atoms with E-state index in [-0.39, 0.29) is 5.91 Å². The molecule has 1 aromatic heterocycles. The Hall–Kier alpha value is -3.98. The van der Waals surface area contributed by atoms with E-state index in [2.05, 4.69) is 22.1 Å². The van der Waals surface area contributed by atoms with E-state index >= 15 is 0 Å². The predicted octanol–water partition coefficient (Wildman–Crippen LogP) is 2.97. The van der Waals surface area contributed by atoms with Crippen molar-refractivity contribution in [3.05, 3.63) is 95.1 Å². The maximum absolute atomic E-state index is 12.9. The molecule has 0 saturated heterocycles. The molecule has 0 saturated carbocycles. The van der Waals surface area contributed by atoms with Crippen LogP contribution in [0.25, 0.3) is 0 Å². The summed E-state index contributed by atoms with van der Waals surface area (Å²) >= 11 is 0. The first kappa shape index (κ1) is 17.8. The van der Waals surface area contributed by atoms with Crippen LogP contribution in [0.15, 0.2) is 67.0 Å². The van der Waals surface area contributed by atoms with Gasteiger partial charge in [-0.1, -0.05) is 11.8 Å². The summed E-state index contributed by atoms with van der Waals surface area (Å²) in [6.07, 6.45) is 2.92. The zero-order valence-electron chi connectivity index (χ0n) is 14.1. The van der Waals surface area contributed by atoms with Crippen molar-refractivity contribution in [3.8, 4) is 11.8 Å². The molecule has 3 N–H and O–H groups in total. The van der Waals surface area contributed by atoms with Crippen LogP contribution in [-0.2, 0) is 0 Å². The molecule has 0 fully saturated rings. The number of benzene rings is 2. The molecule has 6 heteroatoms. The van der Waals surface area contributed by atoms with Gasteiger partial charge in [-0.25, -0.2) is 4.39 Å². The van der Waals surface area contributed by atoms with Gasteiger partial charge in [0.1, 0.15) is 5.82 Å². The van der Waals surface area contributed by atoms with Gasteiger partial charge in [0, 0.05) is 34.8 Å². The Morgan fingerprint density at radius 3 is 2.22 bits per heavy atom. The van der Waals surface area contributed by atoms with Gasteiger partial charge < -0.3 is 11.1 Å². The highest BCUT2D eigenvalue weighted by molar-refractivity contribution is 6.04. The van der Waals surface area contributed by atoms with Crippen LogP contribution in [-0.4, -0.2) is 16.8 Å². The van der Waals surface area contributed by atoms with Gasteiger partial charge in [0.25, 0.3) is 5.91 Å². The lowest BCUT2D eigenvalue weighted by atomic mass is 10.1. The molecule has 2 amide bonds. The fourth-order valence-corrected chi connectivity index (χ4v) is 2.23. The molecule has 1 heterocycles. The second kappa shape index (κ2) is 7.93. The number of carbonyl (C=O) groups excluding carboxylic acids is 2. The number of primary amides is 1. The Bertz CT molecular complexity index is 1050. The number of hydrogen-bond acceptors (Lipinski definition) is 3. The first-order chi connectivity index (χ1) is 13.0. The number of nitrogens with one attached hydrogen (secondary N) is 1. The molecular weight excluding hydrogens is 345 g/mol. The van der Waals surface area contributed by atoms with Crippen molar-refractivity contribution in [3.63, 3.8) is 0 Å². The van der Waals surface area contributed by atoms with E-state index in [0.717, 1.165) is 5.56 Å². The summed E-state index contributed by atoms with van der Waals surface area (Å²) < 4.78 is 12.9. The van der Waals surface area contributed by atoms with Crippen molar-refractivity contribution in [2.45, 2.75) is 0 Å². The third-order valence-electron chi connectivity index (χ3n) is 3.62. The molecule has 0 spiro atoms. The zero-order chi connectivity index (χ0) is 19.2. The van der Waals surface area contributed by atoms with E-state index in [1.165, 1.54) is 36.7 Å². The Kier molecular flexibility index (Phi) is 5.24. The Labute approximate surface area is 155 Å². The lowest BCUT2D eigenvalue weighted by molar-refractivity contribution is 0.0997. The average molecular weight is 359 g/mol. The third-order valence-corrected chi connectivity index (χ3v) is 3.62. The van der Waals surface area contributed by atoms with Crippen molar-refractivity contribution < 1.29 is 14.0 Å². The van der Waals surface area contributed by atoms with E-state index < -0.39 is 11.7 Å². The van der Waals surface area contributed by atoms with Crippen LogP contribution in [0.3, 0.4) is 0 Å². The summed E-state index contributed by atoms with van der Waals surface area (Å²) in [6.45, 7) is 0. The molecule has 0 aliphatic heterocycles. The van der Waals surface area contributed by atoms with Crippen LogP contribution in [0.5, 0.6) is 0 Å². The van der Waals surface area contributed by atoms with Crippen molar-refractivity contribution in [2.75, 3.05) is 5.32 Å². The minimum atomic E-state index is -0.563. The van der Waals surface area contributed by atoms with Crippen molar-refractivity contribution in [1.82, 2.24) is 4.98 Å². The predicted molar refractivity (Wildman–Crippen MR) is 99.5 cm³/mol. The third kappa shape index (κ3) is 4.77. The smallest absolute Gasteiger partial charge is 0.255 e. The summed E-state index contributed by atoms with van der Waals surface area (Å²) in [5.41, 5.74) is 7.75. The number of anilines is 1. The molecule has 0 aliphatic rings. The van der Waals surface area contributed by atoms with Crippen LogP contribution in [0, 0.1) is 17.7 Å². The number of aromatic nitrogens is 1. The highest BCUT2D eigenvalue weighted by Crippen LogP contribution is 2.12. The van der Waals surface area contributed by atoms with E-state index in [1.54, 1.807) is 30.3 Å². The molecule has 0 aliphatic carbocycles. The van der Waals surface area contributed by atoms with Crippen LogP contribution in [0.1, 0.15) is 31.8 Å². The fourth-order valence-electron chi connectivity index (χ4n) is 2.23. The van der Waals surface area contributed by atoms with E-state index in [0.29, 0.717) is 22.4 Å². The van der Waals surface area contributed by atoms with Gasteiger partial charge in [0.05, 0.1) is 5.56 Å². The van der Waals surface area contributed by atoms with Gasteiger partial charge in [-0.2, -0.15) is 0 Å². The number of nitrogens with zero attached hydrogens (tertiary/aromatic N) is 1. The molecule has 0 atom stereocenters. The molecule has 132 valence electrons. The van der Waals surface area contributed by atoms with Crippen molar-refractivity contribution >= 4 is 17.5 Å². The number of hydrogen-bond donors (Lipinski definition) is 2. The van der Waals surface area contributed by atoms with Gasteiger partial charge in [0.2, 0.25) is 5.91 Å². The first-order valence-corrected chi connectivity index (χ1v) is 7.95. The Morgan fingerprint density at radius 2 is 1.56 bits per heavy atom. The number of halogens is 1. The summed E-state index contributed by atoms with van der Waals surface area (Å²) in [7, 11) is 0. The number of rotatable bonds is 3. The largest absolute Gasteiger partial charge is 0.366 e. The van der Waals surface area contributed by atoms with Crippen LogP contribution in [0.2, 0.25) is 0 Å². The summed E-state index contributed by atoms with van der Waals surface area (Å²) in [5.74, 6) is 4.56. The van der Waals surface area contributed by atoms with E-state index in [9.17, 15) is 14.0 Å².